The highest BCUT2D eigenvalue weighted by Gasteiger charge is 2.06. The minimum Gasteiger partial charge on any atom is -0.369 e. The number of benzene rings is 2. The number of carbonyl (C=O) groups excluding carboxylic acids is 1. The van der Waals surface area contributed by atoms with Crippen molar-refractivity contribution in [3.8, 4) is 0 Å². The summed E-state index contributed by atoms with van der Waals surface area (Å²) in [5, 5.41) is 0.327. The van der Waals surface area contributed by atoms with Crippen LogP contribution in [0.25, 0.3) is 0 Å². The van der Waals surface area contributed by atoms with E-state index >= 15 is 0 Å². The molecular weight excluding hydrogens is 266 g/mol. The average Bonchev–Trinajstić information content (AvgIpc) is 2.47. The summed E-state index contributed by atoms with van der Waals surface area (Å²) in [5.41, 5.74) is 7.61. The Morgan fingerprint density at radius 1 is 1.05 bits per heavy atom. The number of hydrogen-bond acceptors (Lipinski definition) is 2. The van der Waals surface area contributed by atoms with Crippen LogP contribution in [0.15, 0.2) is 60.7 Å². The van der Waals surface area contributed by atoms with E-state index < -0.39 is 0 Å². The average molecular weight is 287 g/mol. The van der Waals surface area contributed by atoms with Gasteiger partial charge in [0.15, 0.2) is 0 Å². The molecule has 0 aliphatic carbocycles. The monoisotopic (exact) mass is 287 g/mol. The Morgan fingerprint density at radius 3 is 1.95 bits per heavy atom. The minimum atomic E-state index is -0.257. The van der Waals surface area contributed by atoms with E-state index in [1.807, 2.05) is 36.4 Å². The highest BCUT2D eigenvalue weighted by atomic mass is 32.2. The van der Waals surface area contributed by atoms with E-state index in [0.717, 1.165) is 0 Å². The Hall–Kier alpha value is -1.74. The Bertz CT molecular complexity index is 499. The fourth-order valence-corrected chi connectivity index (χ4v) is 2.33. The largest absolute Gasteiger partial charge is 0.369 e. The fraction of sp³-hybridized carbons (Fsp3) is 0.235. The Labute approximate surface area is 125 Å². The second-order valence-corrected chi connectivity index (χ2v) is 5.81. The molecule has 0 fully saturated rings. The molecule has 1 amide bonds. The van der Waals surface area contributed by atoms with Gasteiger partial charge in [-0.15, -0.1) is 11.8 Å². The predicted molar refractivity (Wildman–Crippen MR) is 87.7 cm³/mol. The lowest BCUT2D eigenvalue weighted by atomic mass is 10.2. The van der Waals surface area contributed by atoms with Gasteiger partial charge in [0.25, 0.3) is 0 Å². The molecule has 2 nitrogen and oxygen atoms in total. The fourth-order valence-electron chi connectivity index (χ4n) is 1.56. The van der Waals surface area contributed by atoms with Gasteiger partial charge in [-0.1, -0.05) is 66.2 Å². The topological polar surface area (TPSA) is 43.1 Å². The van der Waals surface area contributed by atoms with Crippen LogP contribution in [0.4, 0.5) is 0 Å². The summed E-state index contributed by atoms with van der Waals surface area (Å²) in [7, 11) is 0. The number of nitrogens with two attached hydrogens (primary N) is 1. The van der Waals surface area contributed by atoms with Crippen LogP contribution in [0.3, 0.4) is 0 Å². The zero-order valence-electron chi connectivity index (χ0n) is 12.0. The van der Waals surface area contributed by atoms with Crippen molar-refractivity contribution in [2.45, 2.75) is 19.1 Å². The summed E-state index contributed by atoms with van der Waals surface area (Å²) in [5.74, 6) is 0.128. The van der Waals surface area contributed by atoms with Gasteiger partial charge in [-0.05, 0) is 19.4 Å². The van der Waals surface area contributed by atoms with Crippen LogP contribution in [0.2, 0.25) is 0 Å². The number of thioether (sulfide) groups is 1. The number of aryl methyl sites for hydroxylation is 1. The van der Waals surface area contributed by atoms with E-state index in [4.69, 9.17) is 5.73 Å². The summed E-state index contributed by atoms with van der Waals surface area (Å²) in [6.07, 6.45) is 0. The predicted octanol–water partition coefficient (Wildman–Crippen LogP) is 3.96. The molecule has 2 rings (SSSR count). The first-order valence-electron chi connectivity index (χ1n) is 6.56. The van der Waals surface area contributed by atoms with Crippen LogP contribution in [0.1, 0.15) is 23.3 Å². The molecule has 0 saturated carbocycles. The highest BCUT2D eigenvalue weighted by molar-refractivity contribution is 8.00. The first-order chi connectivity index (χ1) is 9.59. The first-order valence-corrected chi connectivity index (χ1v) is 7.61. The molecule has 20 heavy (non-hydrogen) atoms. The molecule has 3 heteroatoms. The third-order valence-corrected chi connectivity index (χ3v) is 3.91. The zero-order valence-corrected chi connectivity index (χ0v) is 12.8. The molecule has 1 atom stereocenters. The van der Waals surface area contributed by atoms with E-state index in [1.54, 1.807) is 11.8 Å². The first kappa shape index (κ1) is 16.3. The van der Waals surface area contributed by atoms with Crippen LogP contribution < -0.4 is 5.73 Å². The third-order valence-electron chi connectivity index (χ3n) is 2.69. The van der Waals surface area contributed by atoms with Gasteiger partial charge in [-0.3, -0.25) is 4.79 Å². The standard InChI is InChI=1S/C10H13NOS.C7H8/c1-8(13-7-10(11)12)9-5-3-2-4-6-9;1-7-5-3-2-4-6-7/h2-6,8H,7H2,1H3,(H2,11,12);2-6H,1H3. The Morgan fingerprint density at radius 2 is 1.55 bits per heavy atom. The minimum absolute atomic E-state index is 0.257. The lowest BCUT2D eigenvalue weighted by Crippen LogP contribution is -2.13. The van der Waals surface area contributed by atoms with E-state index in [2.05, 4.69) is 38.1 Å². The zero-order chi connectivity index (χ0) is 14.8. The number of amides is 1. The van der Waals surface area contributed by atoms with Crippen molar-refractivity contribution in [3.63, 3.8) is 0 Å². The van der Waals surface area contributed by atoms with Crippen molar-refractivity contribution < 1.29 is 4.79 Å². The maximum absolute atomic E-state index is 10.5. The summed E-state index contributed by atoms with van der Waals surface area (Å²) >= 11 is 1.56. The van der Waals surface area contributed by atoms with Crippen molar-refractivity contribution in [1.29, 1.82) is 0 Å². The molecule has 2 aromatic carbocycles. The molecule has 0 radical (unpaired) electrons. The molecule has 0 spiro atoms. The van der Waals surface area contributed by atoms with Crippen LogP contribution in [-0.2, 0) is 4.79 Å². The quantitative estimate of drug-likeness (QED) is 0.925. The number of hydrogen-bond donors (Lipinski definition) is 1. The summed E-state index contributed by atoms with van der Waals surface area (Å²) in [4.78, 5) is 10.5. The molecule has 0 saturated heterocycles. The summed E-state index contributed by atoms with van der Waals surface area (Å²) in [6, 6.07) is 20.3. The van der Waals surface area contributed by atoms with Crippen molar-refractivity contribution in [2.75, 3.05) is 5.75 Å². The van der Waals surface area contributed by atoms with Gasteiger partial charge < -0.3 is 5.73 Å². The number of primary amides is 1. The molecule has 0 aliphatic rings. The van der Waals surface area contributed by atoms with Crippen molar-refractivity contribution in [1.82, 2.24) is 0 Å². The second kappa shape index (κ2) is 9.21. The molecule has 0 heterocycles. The molecule has 2 aromatic rings. The Balaban J connectivity index is 0.000000240. The molecule has 2 N–H and O–H groups in total. The van der Waals surface area contributed by atoms with Gasteiger partial charge in [-0.2, -0.15) is 0 Å². The van der Waals surface area contributed by atoms with Crippen molar-refractivity contribution in [2.24, 2.45) is 5.73 Å². The maximum atomic E-state index is 10.5. The molecule has 0 bridgehead atoms. The van der Waals surface area contributed by atoms with Gasteiger partial charge >= 0.3 is 0 Å². The van der Waals surface area contributed by atoms with Gasteiger partial charge in [-0.25, -0.2) is 0 Å². The summed E-state index contributed by atoms with van der Waals surface area (Å²) < 4.78 is 0. The van der Waals surface area contributed by atoms with Crippen molar-refractivity contribution in [3.05, 3.63) is 71.8 Å². The molecule has 1 unspecified atom stereocenters. The lowest BCUT2D eigenvalue weighted by molar-refractivity contribution is -0.115. The SMILES string of the molecule is CC(SCC(N)=O)c1ccccc1.Cc1ccccc1. The molecule has 0 aliphatic heterocycles. The van der Waals surface area contributed by atoms with E-state index in [1.165, 1.54) is 11.1 Å². The third kappa shape index (κ3) is 7.00. The van der Waals surface area contributed by atoms with Gasteiger partial charge in [0.05, 0.1) is 5.75 Å². The van der Waals surface area contributed by atoms with Crippen LogP contribution in [-0.4, -0.2) is 11.7 Å². The van der Waals surface area contributed by atoms with Crippen LogP contribution >= 0.6 is 11.8 Å². The van der Waals surface area contributed by atoms with E-state index in [9.17, 15) is 4.79 Å². The molecule has 0 aromatic heterocycles. The molecular formula is C17H21NOS. The smallest absolute Gasteiger partial charge is 0.227 e. The van der Waals surface area contributed by atoms with Gasteiger partial charge in [0.1, 0.15) is 0 Å². The Kier molecular flexibility index (Phi) is 7.51. The normalized spacial score (nSPS) is 11.1. The lowest BCUT2D eigenvalue weighted by Gasteiger charge is -2.09. The van der Waals surface area contributed by atoms with Crippen LogP contribution in [0, 0.1) is 6.92 Å². The van der Waals surface area contributed by atoms with Crippen LogP contribution in [0.5, 0.6) is 0 Å². The van der Waals surface area contributed by atoms with E-state index in [-0.39, 0.29) is 5.91 Å². The number of rotatable bonds is 4. The number of carbonyl (C=O) groups is 1. The second-order valence-electron chi connectivity index (χ2n) is 4.48. The maximum Gasteiger partial charge on any atom is 0.227 e. The van der Waals surface area contributed by atoms with Gasteiger partial charge in [0, 0.05) is 5.25 Å². The van der Waals surface area contributed by atoms with Gasteiger partial charge in [0.2, 0.25) is 5.91 Å². The van der Waals surface area contributed by atoms with E-state index in [0.29, 0.717) is 11.0 Å². The molecule has 106 valence electrons. The van der Waals surface area contributed by atoms with Crippen molar-refractivity contribution >= 4 is 17.7 Å². The summed E-state index contributed by atoms with van der Waals surface area (Å²) in [6.45, 7) is 4.16. The highest BCUT2D eigenvalue weighted by Crippen LogP contribution is 2.27.